The molecular weight excluding hydrogens is 222 g/mol. The Balaban J connectivity index is 1.84. The standard InChI is InChI=1S/C16H25NO/c1-12-4-6-14(7-5-12)13(2)17-15-8-10-16(18-3)11-9-15/h4-7,13,15-17H,8-11H2,1-3H3/t13-,15?,16?/m0/s1. The minimum absolute atomic E-state index is 0.440. The van der Waals surface area contributed by atoms with Gasteiger partial charge in [0.1, 0.15) is 0 Å². The fourth-order valence-electron chi connectivity index (χ4n) is 2.77. The summed E-state index contributed by atoms with van der Waals surface area (Å²) in [5.41, 5.74) is 2.71. The lowest BCUT2D eigenvalue weighted by atomic mass is 9.92. The first kappa shape index (κ1) is 13.6. The van der Waals surface area contributed by atoms with Crippen LogP contribution in [0.1, 0.15) is 49.8 Å². The highest BCUT2D eigenvalue weighted by molar-refractivity contribution is 5.23. The maximum Gasteiger partial charge on any atom is 0.0572 e. The second kappa shape index (κ2) is 6.35. The smallest absolute Gasteiger partial charge is 0.0572 e. The summed E-state index contributed by atoms with van der Waals surface area (Å²) in [5, 5.41) is 3.74. The summed E-state index contributed by atoms with van der Waals surface area (Å²) in [6, 6.07) is 9.93. The van der Waals surface area contributed by atoms with Crippen LogP contribution in [0.15, 0.2) is 24.3 Å². The Hall–Kier alpha value is -0.860. The molecule has 1 aliphatic rings. The number of hydrogen-bond donors (Lipinski definition) is 1. The van der Waals surface area contributed by atoms with Gasteiger partial charge in [-0.05, 0) is 45.1 Å². The number of methoxy groups -OCH3 is 1. The van der Waals surface area contributed by atoms with Crippen LogP contribution < -0.4 is 5.32 Å². The van der Waals surface area contributed by atoms with Crippen LogP contribution in [0.5, 0.6) is 0 Å². The molecule has 0 saturated heterocycles. The van der Waals surface area contributed by atoms with E-state index < -0.39 is 0 Å². The summed E-state index contributed by atoms with van der Waals surface area (Å²) < 4.78 is 5.41. The average molecular weight is 247 g/mol. The Morgan fingerprint density at radius 1 is 1.11 bits per heavy atom. The zero-order valence-corrected chi connectivity index (χ0v) is 11.8. The molecule has 0 amide bonds. The van der Waals surface area contributed by atoms with Crippen molar-refractivity contribution in [2.45, 2.75) is 57.7 Å². The summed E-state index contributed by atoms with van der Waals surface area (Å²) in [6.45, 7) is 4.39. The molecule has 0 aromatic heterocycles. The number of nitrogens with one attached hydrogen (secondary N) is 1. The first-order valence-electron chi connectivity index (χ1n) is 7.04. The topological polar surface area (TPSA) is 21.3 Å². The van der Waals surface area contributed by atoms with E-state index in [4.69, 9.17) is 4.74 Å². The van der Waals surface area contributed by atoms with Gasteiger partial charge in [0.25, 0.3) is 0 Å². The Labute approximate surface area is 111 Å². The molecule has 1 saturated carbocycles. The van der Waals surface area contributed by atoms with E-state index in [-0.39, 0.29) is 0 Å². The number of rotatable bonds is 4. The number of aryl methyl sites for hydroxylation is 1. The minimum atomic E-state index is 0.440. The van der Waals surface area contributed by atoms with Gasteiger partial charge in [0.2, 0.25) is 0 Å². The monoisotopic (exact) mass is 247 g/mol. The molecular formula is C16H25NO. The van der Waals surface area contributed by atoms with Crippen molar-refractivity contribution in [2.75, 3.05) is 7.11 Å². The van der Waals surface area contributed by atoms with Crippen molar-refractivity contribution in [3.8, 4) is 0 Å². The van der Waals surface area contributed by atoms with Gasteiger partial charge < -0.3 is 10.1 Å². The zero-order valence-electron chi connectivity index (χ0n) is 11.8. The predicted molar refractivity (Wildman–Crippen MR) is 75.8 cm³/mol. The second-order valence-corrected chi connectivity index (χ2v) is 5.51. The minimum Gasteiger partial charge on any atom is -0.381 e. The molecule has 1 atom stereocenters. The largest absolute Gasteiger partial charge is 0.381 e. The van der Waals surface area contributed by atoms with Crippen LogP contribution in [0, 0.1) is 6.92 Å². The van der Waals surface area contributed by atoms with E-state index in [1.165, 1.54) is 36.8 Å². The molecule has 2 rings (SSSR count). The van der Waals surface area contributed by atoms with Crippen molar-refractivity contribution >= 4 is 0 Å². The van der Waals surface area contributed by atoms with E-state index in [0.717, 1.165) is 0 Å². The fourth-order valence-corrected chi connectivity index (χ4v) is 2.77. The Bertz CT molecular complexity index is 352. The Morgan fingerprint density at radius 3 is 2.28 bits per heavy atom. The number of benzene rings is 1. The third kappa shape index (κ3) is 3.56. The van der Waals surface area contributed by atoms with Crippen molar-refractivity contribution < 1.29 is 4.74 Å². The van der Waals surface area contributed by atoms with Gasteiger partial charge in [-0.15, -0.1) is 0 Å². The normalized spacial score (nSPS) is 25.9. The molecule has 0 radical (unpaired) electrons. The molecule has 0 aliphatic heterocycles. The van der Waals surface area contributed by atoms with Crippen LogP contribution >= 0.6 is 0 Å². The Kier molecular flexibility index (Phi) is 4.79. The lowest BCUT2D eigenvalue weighted by Gasteiger charge is -2.30. The molecule has 100 valence electrons. The quantitative estimate of drug-likeness (QED) is 0.877. The van der Waals surface area contributed by atoms with E-state index in [2.05, 4.69) is 43.4 Å². The van der Waals surface area contributed by atoms with Crippen LogP contribution in [-0.4, -0.2) is 19.3 Å². The lowest BCUT2D eigenvalue weighted by molar-refractivity contribution is 0.0614. The van der Waals surface area contributed by atoms with Gasteiger partial charge in [0.05, 0.1) is 6.10 Å². The molecule has 1 fully saturated rings. The predicted octanol–water partition coefficient (Wildman–Crippen LogP) is 3.60. The van der Waals surface area contributed by atoms with E-state index in [1.54, 1.807) is 0 Å². The third-order valence-corrected chi connectivity index (χ3v) is 4.07. The van der Waals surface area contributed by atoms with Crippen molar-refractivity contribution in [2.24, 2.45) is 0 Å². The summed E-state index contributed by atoms with van der Waals surface area (Å²) in [4.78, 5) is 0. The van der Waals surface area contributed by atoms with Crippen molar-refractivity contribution in [3.05, 3.63) is 35.4 Å². The molecule has 0 spiro atoms. The molecule has 0 bridgehead atoms. The fraction of sp³-hybridized carbons (Fsp3) is 0.625. The van der Waals surface area contributed by atoms with Crippen LogP contribution in [0.25, 0.3) is 0 Å². The van der Waals surface area contributed by atoms with Crippen molar-refractivity contribution in [3.63, 3.8) is 0 Å². The van der Waals surface area contributed by atoms with Gasteiger partial charge in [0, 0.05) is 19.2 Å². The SMILES string of the molecule is COC1CCC(N[C@@H](C)c2ccc(C)cc2)CC1. The van der Waals surface area contributed by atoms with E-state index in [0.29, 0.717) is 18.2 Å². The van der Waals surface area contributed by atoms with E-state index in [1.807, 2.05) is 7.11 Å². The third-order valence-electron chi connectivity index (χ3n) is 4.07. The van der Waals surface area contributed by atoms with Crippen molar-refractivity contribution in [1.29, 1.82) is 0 Å². The molecule has 0 heterocycles. The summed E-state index contributed by atoms with van der Waals surface area (Å²) in [5.74, 6) is 0. The lowest BCUT2D eigenvalue weighted by Crippen LogP contribution is -2.36. The van der Waals surface area contributed by atoms with Crippen LogP contribution in [-0.2, 0) is 4.74 Å². The van der Waals surface area contributed by atoms with Crippen LogP contribution in [0.4, 0.5) is 0 Å². The van der Waals surface area contributed by atoms with Crippen molar-refractivity contribution in [1.82, 2.24) is 5.32 Å². The summed E-state index contributed by atoms with van der Waals surface area (Å²) in [7, 11) is 1.83. The van der Waals surface area contributed by atoms with E-state index in [9.17, 15) is 0 Å². The van der Waals surface area contributed by atoms with Gasteiger partial charge in [-0.1, -0.05) is 29.8 Å². The highest BCUT2D eigenvalue weighted by atomic mass is 16.5. The average Bonchev–Trinajstić information content (AvgIpc) is 2.40. The van der Waals surface area contributed by atoms with Crippen LogP contribution in [0.2, 0.25) is 0 Å². The second-order valence-electron chi connectivity index (χ2n) is 5.51. The first-order chi connectivity index (χ1) is 8.69. The number of ether oxygens (including phenoxy) is 1. The highest BCUT2D eigenvalue weighted by Crippen LogP contribution is 2.23. The van der Waals surface area contributed by atoms with E-state index >= 15 is 0 Å². The molecule has 18 heavy (non-hydrogen) atoms. The van der Waals surface area contributed by atoms with Crippen LogP contribution in [0.3, 0.4) is 0 Å². The maximum absolute atomic E-state index is 5.41. The maximum atomic E-state index is 5.41. The molecule has 1 aliphatic carbocycles. The zero-order chi connectivity index (χ0) is 13.0. The first-order valence-corrected chi connectivity index (χ1v) is 7.04. The molecule has 2 heteroatoms. The molecule has 0 unspecified atom stereocenters. The molecule has 2 nitrogen and oxygen atoms in total. The van der Waals surface area contributed by atoms with Gasteiger partial charge in [-0.25, -0.2) is 0 Å². The summed E-state index contributed by atoms with van der Waals surface area (Å²) in [6.07, 6.45) is 5.32. The number of hydrogen-bond acceptors (Lipinski definition) is 2. The molecule has 1 aromatic rings. The summed E-state index contributed by atoms with van der Waals surface area (Å²) >= 11 is 0. The van der Waals surface area contributed by atoms with Gasteiger partial charge in [0.15, 0.2) is 0 Å². The van der Waals surface area contributed by atoms with Gasteiger partial charge in [-0.2, -0.15) is 0 Å². The molecule has 1 N–H and O–H groups in total. The Morgan fingerprint density at radius 2 is 1.72 bits per heavy atom. The molecule has 1 aromatic carbocycles. The van der Waals surface area contributed by atoms with Gasteiger partial charge in [-0.3, -0.25) is 0 Å². The van der Waals surface area contributed by atoms with Gasteiger partial charge >= 0.3 is 0 Å². The highest BCUT2D eigenvalue weighted by Gasteiger charge is 2.21.